The second-order valence-corrected chi connectivity index (χ2v) is 6.42. The normalized spacial score (nSPS) is 11.0. The first kappa shape index (κ1) is 25.8. The van der Waals surface area contributed by atoms with Crippen LogP contribution in [0.25, 0.3) is 0 Å². The number of aliphatic imine (C=N–C) groups is 1. The number of rotatable bonds is 11. The highest BCUT2D eigenvalue weighted by Gasteiger charge is 2.05. The number of methoxy groups -OCH3 is 2. The van der Waals surface area contributed by atoms with Crippen LogP contribution in [0.15, 0.2) is 47.5 Å². The van der Waals surface area contributed by atoms with Gasteiger partial charge in [0.15, 0.2) is 17.5 Å². The van der Waals surface area contributed by atoms with E-state index in [-0.39, 0.29) is 24.0 Å². The Morgan fingerprint density at radius 3 is 2.27 bits per heavy atom. The number of likely N-dealkylation sites (N-methyl/N-ethyl adjacent to an activating group) is 1. The van der Waals surface area contributed by atoms with E-state index in [4.69, 9.17) is 19.9 Å². The number of ether oxygens (including phenoxy) is 3. The van der Waals surface area contributed by atoms with E-state index >= 15 is 0 Å². The van der Waals surface area contributed by atoms with Gasteiger partial charge >= 0.3 is 0 Å². The van der Waals surface area contributed by atoms with Gasteiger partial charge in [0.1, 0.15) is 12.4 Å². The van der Waals surface area contributed by atoms with Gasteiger partial charge in [-0.2, -0.15) is 0 Å². The number of benzene rings is 2. The van der Waals surface area contributed by atoms with Crippen molar-refractivity contribution >= 4 is 35.6 Å². The van der Waals surface area contributed by atoms with Crippen molar-refractivity contribution in [1.82, 2.24) is 4.90 Å². The molecule has 30 heavy (non-hydrogen) atoms. The molecule has 0 spiro atoms. The lowest BCUT2D eigenvalue weighted by Gasteiger charge is -2.18. The molecule has 2 aromatic carbocycles. The molecule has 0 aliphatic carbocycles. The molecule has 0 saturated carbocycles. The summed E-state index contributed by atoms with van der Waals surface area (Å²) in [5, 5.41) is 3.06. The summed E-state index contributed by atoms with van der Waals surface area (Å²) in [6.07, 6.45) is 0. The molecule has 7 nitrogen and oxygen atoms in total. The first-order valence-electron chi connectivity index (χ1n) is 9.82. The van der Waals surface area contributed by atoms with Crippen LogP contribution in [0.3, 0.4) is 0 Å². The second kappa shape index (κ2) is 13.9. The van der Waals surface area contributed by atoms with E-state index in [1.54, 1.807) is 14.2 Å². The highest BCUT2D eigenvalue weighted by molar-refractivity contribution is 14.0. The number of nitrogens with one attached hydrogen (secondary N) is 1. The molecule has 0 bridgehead atoms. The van der Waals surface area contributed by atoms with Gasteiger partial charge in [0.05, 0.1) is 20.8 Å². The fourth-order valence-electron chi connectivity index (χ4n) is 2.80. The number of anilines is 1. The summed E-state index contributed by atoms with van der Waals surface area (Å²) in [7, 11) is 3.19. The predicted molar refractivity (Wildman–Crippen MR) is 134 cm³/mol. The van der Waals surface area contributed by atoms with E-state index in [1.165, 1.54) is 0 Å². The van der Waals surface area contributed by atoms with E-state index < -0.39 is 0 Å². The number of nitrogens with zero attached hydrogens (tertiary/aromatic N) is 2. The largest absolute Gasteiger partial charge is 0.493 e. The van der Waals surface area contributed by atoms with Crippen molar-refractivity contribution in [3.63, 3.8) is 0 Å². The number of guanidine groups is 1. The van der Waals surface area contributed by atoms with Crippen LogP contribution in [-0.4, -0.2) is 51.3 Å². The highest BCUT2D eigenvalue weighted by atomic mass is 127. The minimum absolute atomic E-state index is 0. The first-order chi connectivity index (χ1) is 14.1. The fraction of sp³-hybridized carbons (Fsp3) is 0.409. The number of halogens is 1. The fourth-order valence-corrected chi connectivity index (χ4v) is 2.80. The second-order valence-electron chi connectivity index (χ2n) is 6.42. The van der Waals surface area contributed by atoms with Gasteiger partial charge in [0.25, 0.3) is 0 Å². The summed E-state index contributed by atoms with van der Waals surface area (Å²) in [5.74, 6) is 2.48. The average molecular weight is 528 g/mol. The summed E-state index contributed by atoms with van der Waals surface area (Å²) in [6, 6.07) is 13.4. The van der Waals surface area contributed by atoms with Gasteiger partial charge in [-0.25, -0.2) is 4.99 Å². The van der Waals surface area contributed by atoms with Gasteiger partial charge in [0.2, 0.25) is 0 Å². The zero-order valence-electron chi connectivity index (χ0n) is 18.2. The van der Waals surface area contributed by atoms with Crippen molar-refractivity contribution in [1.29, 1.82) is 0 Å². The van der Waals surface area contributed by atoms with Gasteiger partial charge in [-0.3, -0.25) is 0 Å². The smallest absolute Gasteiger partial charge is 0.193 e. The number of hydrogen-bond donors (Lipinski definition) is 2. The Morgan fingerprint density at radius 1 is 1.00 bits per heavy atom. The SMILES string of the molecule is CCN(CC)CCOc1ccc(CN=C(N)Nc2ccc(OC)c(OC)c2)cc1.I. The maximum Gasteiger partial charge on any atom is 0.193 e. The Bertz CT molecular complexity index is 780. The molecule has 0 radical (unpaired) electrons. The molecular weight excluding hydrogens is 495 g/mol. The van der Waals surface area contributed by atoms with E-state index in [1.807, 2.05) is 42.5 Å². The average Bonchev–Trinajstić information content (AvgIpc) is 2.76. The van der Waals surface area contributed by atoms with Crippen molar-refractivity contribution in [2.24, 2.45) is 10.7 Å². The third-order valence-corrected chi connectivity index (χ3v) is 4.58. The summed E-state index contributed by atoms with van der Waals surface area (Å²) < 4.78 is 16.3. The zero-order valence-corrected chi connectivity index (χ0v) is 20.5. The number of nitrogens with two attached hydrogens (primary N) is 1. The molecule has 8 heteroatoms. The third kappa shape index (κ3) is 8.27. The predicted octanol–water partition coefficient (Wildman–Crippen LogP) is 3.97. The van der Waals surface area contributed by atoms with Gasteiger partial charge in [-0.1, -0.05) is 26.0 Å². The van der Waals surface area contributed by atoms with Gasteiger partial charge < -0.3 is 30.2 Å². The first-order valence-corrected chi connectivity index (χ1v) is 9.82. The molecule has 0 aliphatic rings. The van der Waals surface area contributed by atoms with E-state index in [0.717, 1.165) is 36.6 Å². The van der Waals surface area contributed by atoms with Crippen LogP contribution in [0.5, 0.6) is 17.2 Å². The van der Waals surface area contributed by atoms with E-state index in [2.05, 4.69) is 29.1 Å². The van der Waals surface area contributed by atoms with Crippen LogP contribution in [0.2, 0.25) is 0 Å². The molecule has 0 aromatic heterocycles. The molecule has 0 atom stereocenters. The van der Waals surface area contributed by atoms with E-state index in [9.17, 15) is 0 Å². The molecule has 0 amide bonds. The highest BCUT2D eigenvalue weighted by Crippen LogP contribution is 2.29. The van der Waals surface area contributed by atoms with Crippen molar-refractivity contribution in [2.45, 2.75) is 20.4 Å². The van der Waals surface area contributed by atoms with Crippen LogP contribution in [-0.2, 0) is 6.54 Å². The van der Waals surface area contributed by atoms with Gasteiger partial charge in [-0.15, -0.1) is 24.0 Å². The Morgan fingerprint density at radius 2 is 1.67 bits per heavy atom. The number of hydrogen-bond acceptors (Lipinski definition) is 5. The Kier molecular flexibility index (Phi) is 12.0. The molecule has 0 aliphatic heterocycles. The third-order valence-electron chi connectivity index (χ3n) is 4.58. The van der Waals surface area contributed by atoms with Crippen LogP contribution < -0.4 is 25.3 Å². The van der Waals surface area contributed by atoms with Gasteiger partial charge in [-0.05, 0) is 42.9 Å². The molecular formula is C22H33IN4O3. The van der Waals surface area contributed by atoms with Crippen LogP contribution in [0, 0.1) is 0 Å². The van der Waals surface area contributed by atoms with Crippen molar-refractivity contribution in [3.8, 4) is 17.2 Å². The quantitative estimate of drug-likeness (QED) is 0.261. The van der Waals surface area contributed by atoms with Crippen LogP contribution in [0.4, 0.5) is 5.69 Å². The molecule has 0 saturated heterocycles. The Hall–Kier alpha value is -2.20. The lowest BCUT2D eigenvalue weighted by molar-refractivity contribution is 0.223. The standard InChI is InChI=1S/C22H32N4O3.HI/c1-5-26(6-2)13-14-29-19-10-7-17(8-11-19)16-24-22(23)25-18-9-12-20(27-3)21(15-18)28-4;/h7-12,15H,5-6,13-14,16H2,1-4H3,(H3,23,24,25);1H. The van der Waals surface area contributed by atoms with Crippen LogP contribution in [0.1, 0.15) is 19.4 Å². The molecule has 0 heterocycles. The molecule has 3 N–H and O–H groups in total. The summed E-state index contributed by atoms with van der Waals surface area (Å²) in [6.45, 7) is 8.48. The summed E-state index contributed by atoms with van der Waals surface area (Å²) >= 11 is 0. The lowest BCUT2D eigenvalue weighted by Crippen LogP contribution is -2.27. The summed E-state index contributed by atoms with van der Waals surface area (Å²) in [5.41, 5.74) is 7.84. The lowest BCUT2D eigenvalue weighted by atomic mass is 10.2. The molecule has 2 aromatic rings. The molecule has 2 rings (SSSR count). The van der Waals surface area contributed by atoms with Gasteiger partial charge in [0, 0.05) is 18.3 Å². The minimum Gasteiger partial charge on any atom is -0.493 e. The molecule has 0 fully saturated rings. The minimum atomic E-state index is 0. The summed E-state index contributed by atoms with van der Waals surface area (Å²) in [4.78, 5) is 6.72. The zero-order chi connectivity index (χ0) is 21.1. The topological polar surface area (TPSA) is 81.3 Å². The maximum atomic E-state index is 6.00. The molecule has 0 unspecified atom stereocenters. The Balaban J connectivity index is 0.00000450. The molecule has 166 valence electrons. The maximum absolute atomic E-state index is 6.00. The van der Waals surface area contributed by atoms with E-state index in [0.29, 0.717) is 30.6 Å². The van der Waals surface area contributed by atoms with Crippen LogP contribution >= 0.6 is 24.0 Å². The van der Waals surface area contributed by atoms with Crippen molar-refractivity contribution in [2.75, 3.05) is 45.8 Å². The van der Waals surface area contributed by atoms with Crippen molar-refractivity contribution < 1.29 is 14.2 Å². The Labute approximate surface area is 196 Å². The van der Waals surface area contributed by atoms with Crippen molar-refractivity contribution in [3.05, 3.63) is 48.0 Å². The monoisotopic (exact) mass is 528 g/mol.